The Labute approximate surface area is 107 Å². The molecule has 0 aliphatic heterocycles. The molecule has 0 atom stereocenters. The molecule has 0 spiro atoms. The third kappa shape index (κ3) is 5.98. The Morgan fingerprint density at radius 3 is 3.00 bits per heavy atom. The molecule has 1 amide bonds. The normalized spacial score (nSPS) is 9.83. The molecule has 0 fully saturated rings. The molecule has 97 valence electrons. The summed E-state index contributed by atoms with van der Waals surface area (Å²) in [5, 5.41) is 5.65. The van der Waals surface area contributed by atoms with E-state index in [-0.39, 0.29) is 12.5 Å². The van der Waals surface area contributed by atoms with Gasteiger partial charge in [-0.2, -0.15) is 0 Å². The third-order valence-corrected chi connectivity index (χ3v) is 2.41. The van der Waals surface area contributed by atoms with Gasteiger partial charge in [-0.15, -0.1) is 0 Å². The molecule has 5 heteroatoms. The zero-order valence-electron chi connectivity index (χ0n) is 10.5. The molecule has 0 aromatic carbocycles. The average Bonchev–Trinajstić information content (AvgIpc) is 2.36. The smallest absolute Gasteiger partial charge is 0.220 e. The maximum Gasteiger partial charge on any atom is 0.220 e. The molecule has 0 bridgehead atoms. The van der Waals surface area contributed by atoms with E-state index >= 15 is 0 Å². The maximum atomic E-state index is 11.2. The van der Waals surface area contributed by atoms with E-state index in [0.29, 0.717) is 6.42 Å². The van der Waals surface area contributed by atoms with Crippen molar-refractivity contribution in [1.82, 2.24) is 10.3 Å². The molecule has 0 unspecified atom stereocenters. The molecule has 0 aliphatic rings. The Kier molecular flexibility index (Phi) is 6.46. The van der Waals surface area contributed by atoms with Crippen molar-refractivity contribution < 1.29 is 9.59 Å². The number of carbonyl (C=O) groups excluding carboxylic acids is 2. The number of carbonyl (C=O) groups is 1. The van der Waals surface area contributed by atoms with Crippen LogP contribution in [0.3, 0.4) is 0 Å². The monoisotopic (exact) mass is 248 g/mol. The summed E-state index contributed by atoms with van der Waals surface area (Å²) in [6.45, 7) is 2.77. The summed E-state index contributed by atoms with van der Waals surface area (Å²) in [6.07, 6.45) is 5.49. The van der Waals surface area contributed by atoms with Crippen LogP contribution in [0.1, 0.15) is 24.8 Å². The number of rotatable bonds is 8. The Bertz CT molecular complexity index is 394. The van der Waals surface area contributed by atoms with Crippen LogP contribution in [-0.2, 0) is 9.59 Å². The number of hydrogen-bond acceptors (Lipinski definition) is 4. The van der Waals surface area contributed by atoms with E-state index in [4.69, 9.17) is 0 Å². The molecular formula is C13H18N3O2. The van der Waals surface area contributed by atoms with Gasteiger partial charge in [-0.1, -0.05) is 0 Å². The highest BCUT2D eigenvalue weighted by atomic mass is 16.2. The largest absolute Gasteiger partial charge is 0.370 e. The zero-order chi connectivity index (χ0) is 13.2. The van der Waals surface area contributed by atoms with Crippen LogP contribution in [0.5, 0.6) is 0 Å². The highest BCUT2D eigenvalue weighted by Gasteiger charge is 2.00. The number of hydrogen-bond donors (Lipinski definition) is 2. The predicted octanol–water partition coefficient (Wildman–Crippen LogP) is 1.20. The number of anilines is 1. The van der Waals surface area contributed by atoms with Gasteiger partial charge in [0, 0.05) is 19.2 Å². The molecule has 1 rings (SSSR count). The van der Waals surface area contributed by atoms with Gasteiger partial charge in [0.2, 0.25) is 12.2 Å². The van der Waals surface area contributed by atoms with E-state index < -0.39 is 0 Å². The van der Waals surface area contributed by atoms with Crippen molar-refractivity contribution in [2.45, 2.75) is 26.2 Å². The topological polar surface area (TPSA) is 71.1 Å². The second-order valence-corrected chi connectivity index (χ2v) is 4.02. The second-order valence-electron chi connectivity index (χ2n) is 4.02. The summed E-state index contributed by atoms with van der Waals surface area (Å²) in [5.74, 6) is 0.752. The van der Waals surface area contributed by atoms with E-state index in [9.17, 15) is 9.59 Å². The highest BCUT2D eigenvalue weighted by Crippen LogP contribution is 2.05. The SMILES string of the molecule is Cc1ccnc(NCCCCC(=O)NC[C]=O)c1. The highest BCUT2D eigenvalue weighted by molar-refractivity contribution is 5.78. The molecule has 1 heterocycles. The van der Waals surface area contributed by atoms with Gasteiger partial charge in [0.05, 0.1) is 6.54 Å². The molecule has 1 aromatic heterocycles. The average molecular weight is 248 g/mol. The van der Waals surface area contributed by atoms with Crippen LogP contribution in [0.4, 0.5) is 5.82 Å². The molecule has 0 aliphatic carbocycles. The first-order valence-corrected chi connectivity index (χ1v) is 6.00. The fourth-order valence-corrected chi connectivity index (χ4v) is 1.48. The van der Waals surface area contributed by atoms with Gasteiger partial charge in [-0.25, -0.2) is 4.98 Å². The van der Waals surface area contributed by atoms with Crippen molar-refractivity contribution in [2.24, 2.45) is 0 Å². The standard InChI is InChI=1S/C13H18N3O2/c1-11-5-7-15-12(10-11)14-6-3-2-4-13(18)16-8-9-17/h5,7,10H,2-4,6,8H2,1H3,(H,14,15)(H,16,18). The minimum atomic E-state index is -0.105. The van der Waals surface area contributed by atoms with Gasteiger partial charge in [-0.3, -0.25) is 9.59 Å². The van der Waals surface area contributed by atoms with Gasteiger partial charge in [0.1, 0.15) is 5.82 Å². The molecule has 1 radical (unpaired) electrons. The summed E-state index contributed by atoms with van der Waals surface area (Å²) >= 11 is 0. The van der Waals surface area contributed by atoms with E-state index in [2.05, 4.69) is 15.6 Å². The zero-order valence-corrected chi connectivity index (χ0v) is 10.5. The minimum absolute atomic E-state index is 0.0235. The number of unbranched alkanes of at least 4 members (excludes halogenated alkanes) is 1. The summed E-state index contributed by atoms with van der Waals surface area (Å²) in [6, 6.07) is 3.92. The molecule has 0 saturated carbocycles. The first kappa shape index (κ1) is 14.2. The first-order valence-electron chi connectivity index (χ1n) is 6.00. The van der Waals surface area contributed by atoms with Crippen molar-refractivity contribution in [3.63, 3.8) is 0 Å². The van der Waals surface area contributed by atoms with E-state index in [1.165, 1.54) is 0 Å². The molecule has 2 N–H and O–H groups in total. The van der Waals surface area contributed by atoms with Crippen LogP contribution in [-0.4, -0.2) is 30.3 Å². The van der Waals surface area contributed by atoms with Crippen LogP contribution in [0.2, 0.25) is 0 Å². The number of aryl methyl sites for hydroxylation is 1. The van der Waals surface area contributed by atoms with Crippen molar-refractivity contribution >= 4 is 18.0 Å². The van der Waals surface area contributed by atoms with Crippen LogP contribution in [0.25, 0.3) is 0 Å². The van der Waals surface area contributed by atoms with E-state index in [0.717, 1.165) is 30.8 Å². The van der Waals surface area contributed by atoms with Crippen molar-refractivity contribution in [3.05, 3.63) is 23.9 Å². The van der Waals surface area contributed by atoms with Crippen LogP contribution < -0.4 is 10.6 Å². The second kappa shape index (κ2) is 8.22. The van der Waals surface area contributed by atoms with Gasteiger partial charge in [0.25, 0.3) is 0 Å². The van der Waals surface area contributed by atoms with Crippen LogP contribution in [0, 0.1) is 6.92 Å². The quantitative estimate of drug-likeness (QED) is 0.678. The van der Waals surface area contributed by atoms with E-state index in [1.807, 2.05) is 19.1 Å². The van der Waals surface area contributed by atoms with Crippen molar-refractivity contribution in [1.29, 1.82) is 0 Å². The number of amides is 1. The first-order chi connectivity index (χ1) is 8.72. The van der Waals surface area contributed by atoms with Crippen LogP contribution >= 0.6 is 0 Å². The lowest BCUT2D eigenvalue weighted by molar-refractivity contribution is -0.120. The van der Waals surface area contributed by atoms with E-state index in [1.54, 1.807) is 12.5 Å². The fraction of sp³-hybridized carbons (Fsp3) is 0.462. The molecule has 5 nitrogen and oxygen atoms in total. The minimum Gasteiger partial charge on any atom is -0.370 e. The Balaban J connectivity index is 2.08. The number of nitrogens with one attached hydrogen (secondary N) is 2. The van der Waals surface area contributed by atoms with Gasteiger partial charge >= 0.3 is 0 Å². The number of pyridine rings is 1. The lowest BCUT2D eigenvalue weighted by atomic mass is 10.2. The van der Waals surface area contributed by atoms with Gasteiger partial charge in [0.15, 0.2) is 0 Å². The summed E-state index contributed by atoms with van der Waals surface area (Å²) in [4.78, 5) is 25.2. The van der Waals surface area contributed by atoms with Gasteiger partial charge < -0.3 is 10.6 Å². The summed E-state index contributed by atoms with van der Waals surface area (Å²) in [7, 11) is 0. The summed E-state index contributed by atoms with van der Waals surface area (Å²) < 4.78 is 0. The lowest BCUT2D eigenvalue weighted by Gasteiger charge is -2.05. The van der Waals surface area contributed by atoms with Crippen molar-refractivity contribution in [2.75, 3.05) is 18.4 Å². The number of aromatic nitrogens is 1. The molecular weight excluding hydrogens is 230 g/mol. The fourth-order valence-electron chi connectivity index (χ4n) is 1.48. The molecule has 1 aromatic rings. The van der Waals surface area contributed by atoms with Gasteiger partial charge in [-0.05, 0) is 37.5 Å². The lowest BCUT2D eigenvalue weighted by Crippen LogP contribution is -2.24. The maximum absolute atomic E-state index is 11.2. The van der Waals surface area contributed by atoms with Crippen LogP contribution in [0.15, 0.2) is 18.3 Å². The number of nitrogens with zero attached hydrogens (tertiary/aromatic N) is 1. The Hall–Kier alpha value is -1.91. The molecule has 18 heavy (non-hydrogen) atoms. The third-order valence-electron chi connectivity index (χ3n) is 2.41. The van der Waals surface area contributed by atoms with Crippen molar-refractivity contribution in [3.8, 4) is 0 Å². The summed E-state index contributed by atoms with van der Waals surface area (Å²) in [5.41, 5.74) is 1.16. The Morgan fingerprint density at radius 1 is 1.44 bits per heavy atom. The molecule has 0 saturated heterocycles. The Morgan fingerprint density at radius 2 is 2.28 bits per heavy atom. The predicted molar refractivity (Wildman–Crippen MR) is 70.0 cm³/mol.